The Morgan fingerprint density at radius 2 is 2.30 bits per heavy atom. The highest BCUT2D eigenvalue weighted by atomic mass is 15.1. The monoisotopic (exact) mass is 138 g/mol. The quantitative estimate of drug-likeness (QED) is 0.611. The molecule has 56 valence electrons. The Morgan fingerprint density at radius 3 is 2.70 bits per heavy atom. The fourth-order valence-electron chi connectivity index (χ4n) is 1.09. The number of hydrogen-bond donors (Lipinski definition) is 0. The molecule has 0 bridgehead atoms. The number of hydrogen-bond acceptors (Lipinski definition) is 1. The van der Waals surface area contributed by atoms with Crippen LogP contribution < -0.4 is 0 Å². The van der Waals surface area contributed by atoms with Crippen LogP contribution in [0, 0.1) is 0 Å². The van der Waals surface area contributed by atoms with E-state index in [1.807, 2.05) is 12.4 Å². The fourth-order valence-corrected chi connectivity index (χ4v) is 1.09. The molecule has 0 amide bonds. The van der Waals surface area contributed by atoms with Crippen LogP contribution in [-0.2, 0) is 6.42 Å². The van der Waals surface area contributed by atoms with Crippen molar-refractivity contribution in [1.82, 2.24) is 9.55 Å². The lowest BCUT2D eigenvalue weighted by molar-refractivity contribution is 0.571. The molecule has 1 heterocycles. The normalized spacial score (nSPS) is 10.8. The summed E-state index contributed by atoms with van der Waals surface area (Å²) in [5.74, 6) is 1.18. The van der Waals surface area contributed by atoms with E-state index in [1.165, 1.54) is 5.82 Å². The number of aromatic nitrogens is 2. The average Bonchev–Trinajstić information content (AvgIpc) is 2.33. The van der Waals surface area contributed by atoms with Crippen LogP contribution in [0.5, 0.6) is 0 Å². The van der Waals surface area contributed by atoms with Gasteiger partial charge >= 0.3 is 0 Å². The second kappa shape index (κ2) is 2.86. The minimum atomic E-state index is 0.539. The summed E-state index contributed by atoms with van der Waals surface area (Å²) in [7, 11) is 0. The molecule has 2 nitrogen and oxygen atoms in total. The van der Waals surface area contributed by atoms with Crippen molar-refractivity contribution in [2.24, 2.45) is 0 Å². The summed E-state index contributed by atoms with van der Waals surface area (Å²) < 4.78 is 2.19. The lowest BCUT2D eigenvalue weighted by atomic mass is 10.3. The second-order valence-electron chi connectivity index (χ2n) is 2.70. The van der Waals surface area contributed by atoms with Crippen molar-refractivity contribution in [2.45, 2.75) is 33.2 Å². The Bertz CT molecular complexity index is 201. The molecule has 1 rings (SSSR count). The van der Waals surface area contributed by atoms with Gasteiger partial charge in [-0.05, 0) is 13.8 Å². The fraction of sp³-hybridized carbons (Fsp3) is 0.625. The molecule has 0 aromatic carbocycles. The highest BCUT2D eigenvalue weighted by Crippen LogP contribution is 2.07. The number of nitrogens with zero attached hydrogens (tertiary/aromatic N) is 2. The van der Waals surface area contributed by atoms with Crippen LogP contribution in [0.15, 0.2) is 12.4 Å². The smallest absolute Gasteiger partial charge is 0.108 e. The summed E-state index contributed by atoms with van der Waals surface area (Å²) in [6.45, 7) is 6.46. The van der Waals surface area contributed by atoms with Crippen LogP contribution in [0.25, 0.3) is 0 Å². The van der Waals surface area contributed by atoms with Crippen LogP contribution in [0.4, 0.5) is 0 Å². The van der Waals surface area contributed by atoms with Crippen molar-refractivity contribution < 1.29 is 0 Å². The maximum Gasteiger partial charge on any atom is 0.108 e. The molecule has 2 heteroatoms. The zero-order chi connectivity index (χ0) is 7.56. The standard InChI is InChI=1S/C8H14N2/c1-4-8-9-5-6-10(8)7(2)3/h5-7H,4H2,1-3H3. The van der Waals surface area contributed by atoms with Gasteiger partial charge in [-0.2, -0.15) is 0 Å². The molecule has 0 saturated carbocycles. The molecular weight excluding hydrogens is 124 g/mol. The Kier molecular flexibility index (Phi) is 2.10. The molecule has 0 N–H and O–H groups in total. The third-order valence-corrected chi connectivity index (χ3v) is 1.62. The third-order valence-electron chi connectivity index (χ3n) is 1.62. The summed E-state index contributed by atoms with van der Waals surface area (Å²) >= 11 is 0. The van der Waals surface area contributed by atoms with E-state index in [-0.39, 0.29) is 0 Å². The summed E-state index contributed by atoms with van der Waals surface area (Å²) in [5.41, 5.74) is 0. The average molecular weight is 138 g/mol. The van der Waals surface area contributed by atoms with Crippen LogP contribution in [0.2, 0.25) is 0 Å². The number of rotatable bonds is 2. The van der Waals surface area contributed by atoms with Crippen LogP contribution >= 0.6 is 0 Å². The van der Waals surface area contributed by atoms with Crippen molar-refractivity contribution in [1.29, 1.82) is 0 Å². The van der Waals surface area contributed by atoms with Crippen molar-refractivity contribution in [3.63, 3.8) is 0 Å². The van der Waals surface area contributed by atoms with Gasteiger partial charge in [-0.25, -0.2) is 4.98 Å². The molecule has 10 heavy (non-hydrogen) atoms. The Balaban J connectivity index is 2.90. The van der Waals surface area contributed by atoms with Gasteiger partial charge in [0, 0.05) is 24.9 Å². The first-order valence-corrected chi connectivity index (χ1v) is 3.77. The van der Waals surface area contributed by atoms with E-state index in [0.717, 1.165) is 6.42 Å². The van der Waals surface area contributed by atoms with E-state index in [9.17, 15) is 0 Å². The largest absolute Gasteiger partial charge is 0.332 e. The zero-order valence-electron chi connectivity index (χ0n) is 6.83. The lowest BCUT2D eigenvalue weighted by Gasteiger charge is -2.08. The molecule has 0 atom stereocenters. The highest BCUT2D eigenvalue weighted by molar-refractivity contribution is 4.93. The van der Waals surface area contributed by atoms with Crippen LogP contribution in [0.1, 0.15) is 32.6 Å². The molecule has 0 aliphatic heterocycles. The SMILES string of the molecule is CCc1nccn1C(C)C. The predicted octanol–water partition coefficient (Wildman–Crippen LogP) is 2.03. The molecule has 0 aliphatic rings. The second-order valence-corrected chi connectivity index (χ2v) is 2.70. The zero-order valence-corrected chi connectivity index (χ0v) is 6.83. The molecule has 1 aromatic heterocycles. The molecular formula is C8H14N2. The van der Waals surface area contributed by atoms with Gasteiger partial charge in [0.15, 0.2) is 0 Å². The first-order valence-electron chi connectivity index (χ1n) is 3.77. The maximum absolute atomic E-state index is 4.22. The Hall–Kier alpha value is -0.790. The molecule has 0 aliphatic carbocycles. The molecule has 0 spiro atoms. The predicted molar refractivity (Wildman–Crippen MR) is 42.0 cm³/mol. The number of aryl methyl sites for hydroxylation is 1. The van der Waals surface area contributed by atoms with E-state index in [4.69, 9.17) is 0 Å². The maximum atomic E-state index is 4.22. The minimum absolute atomic E-state index is 0.539. The van der Waals surface area contributed by atoms with Crippen LogP contribution in [-0.4, -0.2) is 9.55 Å². The summed E-state index contributed by atoms with van der Waals surface area (Å²) in [6, 6.07) is 0.539. The first kappa shape index (κ1) is 7.32. The van der Waals surface area contributed by atoms with Gasteiger partial charge < -0.3 is 4.57 Å². The van der Waals surface area contributed by atoms with Crippen molar-refractivity contribution >= 4 is 0 Å². The van der Waals surface area contributed by atoms with Gasteiger partial charge in [-0.15, -0.1) is 0 Å². The van der Waals surface area contributed by atoms with Gasteiger partial charge in [0.1, 0.15) is 5.82 Å². The third kappa shape index (κ3) is 1.20. The summed E-state index contributed by atoms with van der Waals surface area (Å²) in [6.07, 6.45) is 4.91. The van der Waals surface area contributed by atoms with Gasteiger partial charge in [0.2, 0.25) is 0 Å². The number of imidazole rings is 1. The van der Waals surface area contributed by atoms with Crippen LogP contribution in [0.3, 0.4) is 0 Å². The molecule has 0 fully saturated rings. The lowest BCUT2D eigenvalue weighted by Crippen LogP contribution is -2.03. The van der Waals surface area contributed by atoms with Crippen molar-refractivity contribution in [3.05, 3.63) is 18.2 Å². The van der Waals surface area contributed by atoms with E-state index in [2.05, 4.69) is 30.3 Å². The van der Waals surface area contributed by atoms with Gasteiger partial charge in [-0.1, -0.05) is 6.92 Å². The van der Waals surface area contributed by atoms with Crippen molar-refractivity contribution in [3.8, 4) is 0 Å². The van der Waals surface area contributed by atoms with E-state index in [0.29, 0.717) is 6.04 Å². The van der Waals surface area contributed by atoms with E-state index < -0.39 is 0 Å². The molecule has 0 saturated heterocycles. The van der Waals surface area contributed by atoms with Gasteiger partial charge in [-0.3, -0.25) is 0 Å². The summed E-state index contributed by atoms with van der Waals surface area (Å²) in [5, 5.41) is 0. The van der Waals surface area contributed by atoms with Crippen molar-refractivity contribution in [2.75, 3.05) is 0 Å². The molecule has 0 unspecified atom stereocenters. The van der Waals surface area contributed by atoms with E-state index in [1.54, 1.807) is 0 Å². The van der Waals surface area contributed by atoms with E-state index >= 15 is 0 Å². The molecule has 0 radical (unpaired) electrons. The summed E-state index contributed by atoms with van der Waals surface area (Å²) in [4.78, 5) is 4.22. The first-order chi connectivity index (χ1) is 4.75. The van der Waals surface area contributed by atoms with Gasteiger partial charge in [0.25, 0.3) is 0 Å². The Morgan fingerprint density at radius 1 is 1.60 bits per heavy atom. The Labute approximate surface area is 61.9 Å². The topological polar surface area (TPSA) is 17.8 Å². The highest BCUT2D eigenvalue weighted by Gasteiger charge is 2.01. The minimum Gasteiger partial charge on any atom is -0.332 e. The molecule has 1 aromatic rings. The van der Waals surface area contributed by atoms with Gasteiger partial charge in [0.05, 0.1) is 0 Å².